The van der Waals surface area contributed by atoms with Crippen molar-refractivity contribution in [2.45, 2.75) is 117 Å². The van der Waals surface area contributed by atoms with E-state index in [2.05, 4.69) is 20.8 Å². The Bertz CT molecular complexity index is 641. The molecule has 0 spiro atoms. The Morgan fingerprint density at radius 1 is 0.625 bits per heavy atom. The van der Waals surface area contributed by atoms with E-state index in [0.29, 0.717) is 25.2 Å². The predicted molar refractivity (Wildman–Crippen MR) is 129 cm³/mol. The minimum absolute atomic E-state index is 0.260. The maximum absolute atomic E-state index is 12.4. The van der Waals surface area contributed by atoms with Gasteiger partial charge < -0.3 is 14.2 Å². The standard InChI is InChI=1S/C27H44O5/c1-4-7-10-12-14-17-26(28)31-24-20-19-23(30-21-16-9-6-3)22-25(24)32-27(29)18-15-13-11-8-5-2/h19-20,22H,4-18,21H2,1-3H3. The number of esters is 2. The summed E-state index contributed by atoms with van der Waals surface area (Å²) in [5.41, 5.74) is 0. The fraction of sp³-hybridized carbons (Fsp3) is 0.704. The van der Waals surface area contributed by atoms with E-state index in [0.717, 1.165) is 57.8 Å². The summed E-state index contributed by atoms with van der Waals surface area (Å²) < 4.78 is 16.9. The molecule has 5 heteroatoms. The van der Waals surface area contributed by atoms with Crippen LogP contribution in [-0.2, 0) is 9.59 Å². The average Bonchev–Trinajstić information content (AvgIpc) is 2.78. The van der Waals surface area contributed by atoms with Gasteiger partial charge in [0.1, 0.15) is 5.75 Å². The molecule has 1 rings (SSSR count). The zero-order chi connectivity index (χ0) is 23.4. The number of hydrogen-bond donors (Lipinski definition) is 0. The zero-order valence-corrected chi connectivity index (χ0v) is 20.6. The molecule has 0 aromatic heterocycles. The Labute approximate surface area is 195 Å². The molecule has 0 amide bonds. The topological polar surface area (TPSA) is 61.8 Å². The second-order valence-corrected chi connectivity index (χ2v) is 8.44. The van der Waals surface area contributed by atoms with Gasteiger partial charge in [-0.3, -0.25) is 9.59 Å². The van der Waals surface area contributed by atoms with Crippen molar-refractivity contribution >= 4 is 11.9 Å². The minimum Gasteiger partial charge on any atom is -0.493 e. The number of rotatable bonds is 19. The third-order valence-corrected chi connectivity index (χ3v) is 5.35. The fourth-order valence-corrected chi connectivity index (χ4v) is 3.38. The fourth-order valence-electron chi connectivity index (χ4n) is 3.38. The molecule has 0 aliphatic carbocycles. The third kappa shape index (κ3) is 13.4. The second kappa shape index (κ2) is 18.5. The molecule has 0 saturated heterocycles. The molecule has 0 atom stereocenters. The Balaban J connectivity index is 2.68. The summed E-state index contributed by atoms with van der Waals surface area (Å²) in [5.74, 6) is 0.558. The molecule has 0 aliphatic rings. The van der Waals surface area contributed by atoms with Gasteiger partial charge in [-0.15, -0.1) is 0 Å². The highest BCUT2D eigenvalue weighted by Gasteiger charge is 2.15. The molecular formula is C27H44O5. The van der Waals surface area contributed by atoms with Gasteiger partial charge in [-0.2, -0.15) is 0 Å². The highest BCUT2D eigenvalue weighted by atomic mass is 16.6. The lowest BCUT2D eigenvalue weighted by molar-refractivity contribution is -0.137. The largest absolute Gasteiger partial charge is 0.493 e. The molecule has 0 bridgehead atoms. The van der Waals surface area contributed by atoms with Gasteiger partial charge in [-0.1, -0.05) is 85.0 Å². The first kappa shape index (κ1) is 28.0. The van der Waals surface area contributed by atoms with Crippen molar-refractivity contribution in [1.29, 1.82) is 0 Å². The molecule has 0 radical (unpaired) electrons. The maximum atomic E-state index is 12.4. The first-order valence-electron chi connectivity index (χ1n) is 12.8. The molecule has 0 saturated carbocycles. The number of carbonyl (C=O) groups is 2. The summed E-state index contributed by atoms with van der Waals surface area (Å²) in [6, 6.07) is 5.08. The summed E-state index contributed by atoms with van der Waals surface area (Å²) in [5, 5.41) is 0. The van der Waals surface area contributed by atoms with Crippen molar-refractivity contribution in [2.24, 2.45) is 0 Å². The van der Waals surface area contributed by atoms with Crippen molar-refractivity contribution in [3.63, 3.8) is 0 Å². The first-order valence-corrected chi connectivity index (χ1v) is 12.8. The van der Waals surface area contributed by atoms with Crippen LogP contribution in [0.25, 0.3) is 0 Å². The van der Waals surface area contributed by atoms with Gasteiger partial charge in [0.15, 0.2) is 11.5 Å². The molecular weight excluding hydrogens is 404 g/mol. The smallest absolute Gasteiger partial charge is 0.311 e. The second-order valence-electron chi connectivity index (χ2n) is 8.44. The van der Waals surface area contributed by atoms with Crippen molar-refractivity contribution in [3.05, 3.63) is 18.2 Å². The molecule has 182 valence electrons. The van der Waals surface area contributed by atoms with Crippen molar-refractivity contribution in [2.75, 3.05) is 6.61 Å². The van der Waals surface area contributed by atoms with Gasteiger partial charge in [0, 0.05) is 18.9 Å². The molecule has 0 N–H and O–H groups in total. The van der Waals surface area contributed by atoms with Gasteiger partial charge in [-0.25, -0.2) is 0 Å². The zero-order valence-electron chi connectivity index (χ0n) is 20.6. The highest BCUT2D eigenvalue weighted by Crippen LogP contribution is 2.33. The summed E-state index contributed by atoms with van der Waals surface area (Å²) >= 11 is 0. The monoisotopic (exact) mass is 448 g/mol. The third-order valence-electron chi connectivity index (χ3n) is 5.35. The van der Waals surface area contributed by atoms with Gasteiger partial charge in [0.25, 0.3) is 0 Å². The molecule has 0 aliphatic heterocycles. The van der Waals surface area contributed by atoms with Gasteiger partial charge in [0.05, 0.1) is 6.61 Å². The van der Waals surface area contributed by atoms with Crippen molar-refractivity contribution in [3.8, 4) is 17.2 Å². The number of hydrogen-bond acceptors (Lipinski definition) is 5. The first-order chi connectivity index (χ1) is 15.6. The van der Waals surface area contributed by atoms with E-state index in [1.165, 1.54) is 25.7 Å². The van der Waals surface area contributed by atoms with E-state index in [-0.39, 0.29) is 23.4 Å². The maximum Gasteiger partial charge on any atom is 0.311 e. The van der Waals surface area contributed by atoms with Crippen LogP contribution in [0.15, 0.2) is 18.2 Å². The summed E-state index contributed by atoms with van der Waals surface area (Å²) in [6.07, 6.45) is 14.6. The van der Waals surface area contributed by atoms with Crippen LogP contribution >= 0.6 is 0 Å². The van der Waals surface area contributed by atoms with Gasteiger partial charge >= 0.3 is 11.9 Å². The van der Waals surface area contributed by atoms with Crippen molar-refractivity contribution < 1.29 is 23.8 Å². The van der Waals surface area contributed by atoms with Crippen LogP contribution in [0.2, 0.25) is 0 Å². The number of ether oxygens (including phenoxy) is 3. The van der Waals surface area contributed by atoms with Gasteiger partial charge in [-0.05, 0) is 31.4 Å². The molecule has 0 fully saturated rings. The van der Waals surface area contributed by atoms with Crippen LogP contribution in [-0.4, -0.2) is 18.5 Å². The molecule has 1 aromatic carbocycles. The normalized spacial score (nSPS) is 10.7. The van der Waals surface area contributed by atoms with Crippen LogP contribution in [0.1, 0.15) is 117 Å². The number of benzene rings is 1. The predicted octanol–water partition coefficient (Wildman–Crippen LogP) is 7.79. The summed E-state index contributed by atoms with van der Waals surface area (Å²) in [7, 11) is 0. The Morgan fingerprint density at radius 3 is 1.69 bits per heavy atom. The Hall–Kier alpha value is -2.04. The van der Waals surface area contributed by atoms with Crippen LogP contribution in [0.5, 0.6) is 17.2 Å². The number of carbonyl (C=O) groups excluding carboxylic acids is 2. The van der Waals surface area contributed by atoms with Crippen LogP contribution in [0, 0.1) is 0 Å². The van der Waals surface area contributed by atoms with E-state index >= 15 is 0 Å². The average molecular weight is 449 g/mol. The van der Waals surface area contributed by atoms with E-state index in [1.54, 1.807) is 18.2 Å². The molecule has 0 heterocycles. The van der Waals surface area contributed by atoms with E-state index < -0.39 is 0 Å². The van der Waals surface area contributed by atoms with Crippen LogP contribution < -0.4 is 14.2 Å². The minimum atomic E-state index is -0.304. The molecule has 32 heavy (non-hydrogen) atoms. The Morgan fingerprint density at radius 2 is 1.12 bits per heavy atom. The van der Waals surface area contributed by atoms with Crippen LogP contribution in [0.4, 0.5) is 0 Å². The number of unbranched alkanes of at least 4 members (excludes halogenated alkanes) is 10. The van der Waals surface area contributed by atoms with E-state index in [1.807, 2.05) is 0 Å². The SMILES string of the molecule is CCCCCCCC(=O)Oc1ccc(OCCCCC)cc1OC(=O)CCCCCCC. The lowest BCUT2D eigenvalue weighted by Gasteiger charge is -2.13. The molecule has 0 unspecified atom stereocenters. The Kier molecular flexibility index (Phi) is 16.2. The van der Waals surface area contributed by atoms with Crippen LogP contribution in [0.3, 0.4) is 0 Å². The quantitative estimate of drug-likeness (QED) is 0.123. The summed E-state index contributed by atoms with van der Waals surface area (Å²) in [6.45, 7) is 7.08. The summed E-state index contributed by atoms with van der Waals surface area (Å²) in [4.78, 5) is 24.7. The molecule has 5 nitrogen and oxygen atoms in total. The van der Waals surface area contributed by atoms with E-state index in [4.69, 9.17) is 14.2 Å². The lowest BCUT2D eigenvalue weighted by atomic mass is 10.1. The molecule has 1 aromatic rings. The van der Waals surface area contributed by atoms with Crippen molar-refractivity contribution in [1.82, 2.24) is 0 Å². The van der Waals surface area contributed by atoms with Gasteiger partial charge in [0.2, 0.25) is 0 Å². The highest BCUT2D eigenvalue weighted by molar-refractivity contribution is 5.76. The lowest BCUT2D eigenvalue weighted by Crippen LogP contribution is -2.12. The van der Waals surface area contributed by atoms with E-state index in [9.17, 15) is 9.59 Å².